The third-order valence-electron chi connectivity index (χ3n) is 8.03. The molecule has 4 atom stereocenters. The molecule has 1 saturated heterocycles. The molecule has 5 rings (SSSR count). The van der Waals surface area contributed by atoms with E-state index in [9.17, 15) is 14.7 Å². The Morgan fingerprint density at radius 2 is 1.35 bits per heavy atom. The number of rotatable bonds is 10. The second kappa shape index (κ2) is 12.6. The predicted molar refractivity (Wildman–Crippen MR) is 160 cm³/mol. The van der Waals surface area contributed by atoms with E-state index in [0.29, 0.717) is 11.5 Å². The van der Waals surface area contributed by atoms with Crippen LogP contribution in [0.15, 0.2) is 94.6 Å². The highest BCUT2D eigenvalue weighted by Crippen LogP contribution is 2.43. The van der Waals surface area contributed by atoms with Crippen molar-refractivity contribution in [2.45, 2.75) is 30.0 Å². The van der Waals surface area contributed by atoms with Gasteiger partial charge < -0.3 is 33.4 Å². The first-order valence-corrected chi connectivity index (χ1v) is 13.9. The van der Waals surface area contributed by atoms with E-state index in [1.165, 1.54) is 24.9 Å². The van der Waals surface area contributed by atoms with Gasteiger partial charge in [-0.05, 0) is 41.0 Å². The maximum Gasteiger partial charge on any atom is 0.330 e. The third kappa shape index (κ3) is 5.50. The molecule has 1 aromatic heterocycles. The molecule has 43 heavy (non-hydrogen) atoms. The van der Waals surface area contributed by atoms with Gasteiger partial charge in [0.25, 0.3) is 5.56 Å². The lowest BCUT2D eigenvalue weighted by molar-refractivity contribution is -0.0830. The van der Waals surface area contributed by atoms with Crippen LogP contribution >= 0.6 is 0 Å². The molecule has 226 valence electrons. The normalized spacial score (nSPS) is 20.2. The van der Waals surface area contributed by atoms with Crippen molar-refractivity contribution in [3.63, 3.8) is 0 Å². The van der Waals surface area contributed by atoms with Crippen LogP contribution in [0.1, 0.15) is 28.4 Å². The van der Waals surface area contributed by atoms with Gasteiger partial charge in [-0.3, -0.25) is 9.36 Å². The topological polar surface area (TPSA) is 110 Å². The summed E-state index contributed by atoms with van der Waals surface area (Å²) in [5, 5.41) is 11.4. The average Bonchev–Trinajstić information content (AvgIpc) is 3.37. The number of methoxy groups -OCH3 is 3. The number of nitrogens with zero attached hydrogens (tertiary/aromatic N) is 2. The summed E-state index contributed by atoms with van der Waals surface area (Å²) in [6.45, 7) is -0.0590. The van der Waals surface area contributed by atoms with E-state index in [-0.39, 0.29) is 12.2 Å². The van der Waals surface area contributed by atoms with Crippen LogP contribution in [0, 0.1) is 0 Å². The highest BCUT2D eigenvalue weighted by atomic mass is 16.6. The van der Waals surface area contributed by atoms with Crippen LogP contribution in [0.4, 0.5) is 0 Å². The van der Waals surface area contributed by atoms with E-state index < -0.39 is 41.3 Å². The Hall–Kier alpha value is -4.22. The monoisotopic (exact) mass is 588 g/mol. The van der Waals surface area contributed by atoms with Crippen LogP contribution in [0.3, 0.4) is 0 Å². The lowest BCUT2D eigenvalue weighted by Crippen LogP contribution is -2.41. The Kier molecular flexibility index (Phi) is 8.84. The predicted octanol–water partition coefficient (Wildman–Crippen LogP) is 2.93. The third-order valence-corrected chi connectivity index (χ3v) is 8.03. The van der Waals surface area contributed by atoms with Gasteiger partial charge in [0.2, 0.25) is 0 Å². The van der Waals surface area contributed by atoms with Gasteiger partial charge >= 0.3 is 5.69 Å². The number of aliphatic hydroxyl groups excluding tert-OH is 1. The number of aliphatic hydroxyl groups is 1. The summed E-state index contributed by atoms with van der Waals surface area (Å²) in [7, 11) is 7.62. The maximum atomic E-state index is 13.1. The molecule has 1 fully saturated rings. The molecule has 10 nitrogen and oxygen atoms in total. The van der Waals surface area contributed by atoms with Gasteiger partial charge in [-0.2, -0.15) is 0 Å². The van der Waals surface area contributed by atoms with Gasteiger partial charge in [0.05, 0.1) is 26.4 Å². The molecule has 10 heteroatoms. The summed E-state index contributed by atoms with van der Waals surface area (Å²) in [6.07, 6.45) is -2.35. The Morgan fingerprint density at radius 1 is 0.814 bits per heavy atom. The molecule has 1 aliphatic heterocycles. The van der Waals surface area contributed by atoms with Gasteiger partial charge in [0.1, 0.15) is 41.5 Å². The Morgan fingerprint density at radius 3 is 1.86 bits per heavy atom. The molecular formula is C33H36N2O8. The van der Waals surface area contributed by atoms with Crippen LogP contribution in [-0.4, -0.2) is 60.5 Å². The Bertz CT molecular complexity index is 1600. The van der Waals surface area contributed by atoms with Gasteiger partial charge in [-0.25, -0.2) is 4.79 Å². The maximum absolute atomic E-state index is 13.1. The van der Waals surface area contributed by atoms with E-state index in [0.717, 1.165) is 21.3 Å². The summed E-state index contributed by atoms with van der Waals surface area (Å²) in [4.78, 5) is 25.4. The molecule has 0 radical (unpaired) electrons. The number of benzene rings is 3. The van der Waals surface area contributed by atoms with E-state index >= 15 is 0 Å². The fourth-order valence-corrected chi connectivity index (χ4v) is 5.70. The smallest absolute Gasteiger partial charge is 0.330 e. The zero-order valence-electron chi connectivity index (χ0n) is 24.8. The van der Waals surface area contributed by atoms with Crippen LogP contribution in [0.5, 0.6) is 11.5 Å². The number of hydrogen-bond acceptors (Lipinski definition) is 8. The summed E-state index contributed by atoms with van der Waals surface area (Å²) in [6, 6.07) is 25.0. The highest BCUT2D eigenvalue weighted by molar-refractivity contribution is 5.49. The lowest BCUT2D eigenvalue weighted by atomic mass is 9.80. The fraction of sp³-hybridized carbons (Fsp3) is 0.333. The quantitative estimate of drug-likeness (QED) is 0.282. The minimum atomic E-state index is -1.13. The zero-order valence-corrected chi connectivity index (χ0v) is 24.8. The van der Waals surface area contributed by atoms with Crippen molar-refractivity contribution >= 4 is 0 Å². The van der Waals surface area contributed by atoms with E-state index in [2.05, 4.69) is 0 Å². The standard InChI is InChI=1S/C33H36N2O8/c1-34-19-26(31(37)35(2)32(34)38)29-30(41-5)28(36)27(43-29)20-42-33(21-9-7-6-8-10-21,22-11-15-24(39-3)16-12-22)23-13-17-25(40-4)18-14-23/h6-19,27-30,36H,20H2,1-5H3/t27-,28-,29+,30-/m1/s1. The van der Waals surface area contributed by atoms with Crippen LogP contribution < -0.4 is 20.7 Å². The van der Waals surface area contributed by atoms with Crippen molar-refractivity contribution in [1.82, 2.24) is 9.13 Å². The van der Waals surface area contributed by atoms with Crippen molar-refractivity contribution in [2.75, 3.05) is 27.9 Å². The summed E-state index contributed by atoms with van der Waals surface area (Å²) < 4.78 is 32.0. The minimum absolute atomic E-state index is 0.0590. The second-order valence-corrected chi connectivity index (χ2v) is 10.4. The summed E-state index contributed by atoms with van der Waals surface area (Å²) in [5.74, 6) is 1.39. The van der Waals surface area contributed by atoms with Crippen LogP contribution in [0.2, 0.25) is 0 Å². The molecule has 0 unspecified atom stereocenters. The van der Waals surface area contributed by atoms with Gasteiger partial charge in [-0.1, -0.05) is 54.6 Å². The van der Waals surface area contributed by atoms with E-state index in [1.54, 1.807) is 21.3 Å². The number of aryl methyl sites for hydroxylation is 1. The summed E-state index contributed by atoms with van der Waals surface area (Å²) >= 11 is 0. The molecule has 2 heterocycles. The molecule has 4 aromatic rings. The minimum Gasteiger partial charge on any atom is -0.497 e. The van der Waals surface area contributed by atoms with Crippen molar-refractivity contribution in [3.05, 3.63) is 128 Å². The van der Waals surface area contributed by atoms with E-state index in [1.807, 2.05) is 78.9 Å². The molecule has 0 spiro atoms. The largest absolute Gasteiger partial charge is 0.497 e. The molecule has 3 aromatic carbocycles. The average molecular weight is 589 g/mol. The molecule has 0 saturated carbocycles. The Balaban J connectivity index is 1.58. The first-order chi connectivity index (χ1) is 20.7. The van der Waals surface area contributed by atoms with Gasteiger partial charge in [-0.15, -0.1) is 0 Å². The molecular weight excluding hydrogens is 552 g/mol. The SMILES string of the molecule is COc1ccc(C(OC[C@H]2O[C@@H](c3cn(C)c(=O)n(C)c3=O)[C@H](OC)[C@@H]2O)(c2ccccc2)c2ccc(OC)cc2)cc1. The highest BCUT2D eigenvalue weighted by Gasteiger charge is 2.48. The molecule has 1 aliphatic rings. The first kappa shape index (κ1) is 30.2. The first-order valence-electron chi connectivity index (χ1n) is 13.9. The Labute approximate surface area is 249 Å². The molecule has 0 bridgehead atoms. The lowest BCUT2D eigenvalue weighted by Gasteiger charge is -2.37. The zero-order chi connectivity index (χ0) is 30.7. The fourth-order valence-electron chi connectivity index (χ4n) is 5.70. The molecule has 1 N–H and O–H groups in total. The second-order valence-electron chi connectivity index (χ2n) is 10.4. The van der Waals surface area contributed by atoms with Crippen molar-refractivity contribution in [2.24, 2.45) is 14.1 Å². The van der Waals surface area contributed by atoms with Crippen LogP contribution in [0.25, 0.3) is 0 Å². The number of aromatic nitrogens is 2. The van der Waals surface area contributed by atoms with Crippen LogP contribution in [-0.2, 0) is 33.9 Å². The number of hydrogen-bond donors (Lipinski definition) is 1. The van der Waals surface area contributed by atoms with Gasteiger partial charge in [0.15, 0.2) is 0 Å². The molecule has 0 aliphatic carbocycles. The van der Waals surface area contributed by atoms with Crippen molar-refractivity contribution in [1.29, 1.82) is 0 Å². The van der Waals surface area contributed by atoms with E-state index in [4.69, 9.17) is 23.7 Å². The van der Waals surface area contributed by atoms with Gasteiger partial charge in [0, 0.05) is 27.4 Å². The van der Waals surface area contributed by atoms with Crippen molar-refractivity contribution < 1.29 is 28.8 Å². The van der Waals surface area contributed by atoms with Crippen molar-refractivity contribution in [3.8, 4) is 11.5 Å². The number of ether oxygens (including phenoxy) is 5. The summed E-state index contributed by atoms with van der Waals surface area (Å²) in [5.41, 5.74) is 0.595. The molecule has 0 amide bonds.